The maximum atomic E-state index is 13.4. The molecule has 2 aromatic rings. The zero-order valence-corrected chi connectivity index (χ0v) is 21.5. The molecular formula is C26H36N4O5S. The van der Waals surface area contributed by atoms with Crippen LogP contribution in [0, 0.1) is 0 Å². The summed E-state index contributed by atoms with van der Waals surface area (Å²) in [4.78, 5) is 15.1. The molecule has 0 bridgehead atoms. The fourth-order valence-electron chi connectivity index (χ4n) is 5.23. The van der Waals surface area contributed by atoms with Crippen LogP contribution in [0.15, 0.2) is 40.9 Å². The van der Waals surface area contributed by atoms with E-state index in [1.165, 1.54) is 0 Å². The Morgan fingerprint density at radius 2 is 1.86 bits per heavy atom. The number of carbonyl (C=O) groups is 1. The van der Waals surface area contributed by atoms with Crippen LogP contribution in [-0.2, 0) is 21.2 Å². The molecule has 2 saturated heterocycles. The Balaban J connectivity index is 1.22. The van der Waals surface area contributed by atoms with Gasteiger partial charge in [0, 0.05) is 43.7 Å². The van der Waals surface area contributed by atoms with Crippen LogP contribution in [0.25, 0.3) is 0 Å². The van der Waals surface area contributed by atoms with Crippen molar-refractivity contribution in [3.63, 3.8) is 0 Å². The monoisotopic (exact) mass is 516 g/mol. The van der Waals surface area contributed by atoms with Crippen molar-refractivity contribution in [1.29, 1.82) is 0 Å². The molecule has 2 aliphatic heterocycles. The smallest absolute Gasteiger partial charge is 0.273 e. The average Bonchev–Trinajstić information content (AvgIpc) is 3.61. The summed E-state index contributed by atoms with van der Waals surface area (Å²) in [5.41, 5.74) is 1.39. The van der Waals surface area contributed by atoms with Crippen LogP contribution in [0.4, 0.5) is 0 Å². The Morgan fingerprint density at radius 1 is 1.08 bits per heavy atom. The largest absolute Gasteiger partial charge is 0.379 e. The Hall–Kier alpha value is -2.27. The summed E-state index contributed by atoms with van der Waals surface area (Å²) < 4.78 is 39.3. The first-order chi connectivity index (χ1) is 17.5. The summed E-state index contributed by atoms with van der Waals surface area (Å²) in [6, 6.07) is 11.4. The molecular weight excluding hydrogens is 480 g/mol. The van der Waals surface area contributed by atoms with E-state index in [0.29, 0.717) is 57.1 Å². The SMILES string of the molecule is O=C(N[C@H]1CCN(S(=O)(=O)CCCN2CCOCC2)[C@@H](Cc2ccccc2)C1)c1cc(C2CC2)on1. The van der Waals surface area contributed by atoms with Gasteiger partial charge in [-0.1, -0.05) is 35.5 Å². The van der Waals surface area contributed by atoms with Crippen molar-refractivity contribution in [1.82, 2.24) is 19.7 Å². The van der Waals surface area contributed by atoms with Gasteiger partial charge in [-0.05, 0) is 50.6 Å². The Bertz CT molecular complexity index is 1110. The molecule has 1 aromatic heterocycles. The van der Waals surface area contributed by atoms with E-state index in [9.17, 15) is 13.2 Å². The van der Waals surface area contributed by atoms with E-state index in [1.54, 1.807) is 10.4 Å². The van der Waals surface area contributed by atoms with Crippen molar-refractivity contribution in [3.8, 4) is 0 Å². The van der Waals surface area contributed by atoms with E-state index in [0.717, 1.165) is 43.8 Å². The van der Waals surface area contributed by atoms with Crippen molar-refractivity contribution in [2.24, 2.45) is 0 Å². The molecule has 1 N–H and O–H groups in total. The lowest BCUT2D eigenvalue weighted by atomic mass is 9.94. The predicted octanol–water partition coefficient (Wildman–Crippen LogP) is 2.41. The number of piperidine rings is 1. The van der Waals surface area contributed by atoms with Gasteiger partial charge >= 0.3 is 0 Å². The molecule has 1 aromatic carbocycles. The third-order valence-corrected chi connectivity index (χ3v) is 9.39. The maximum Gasteiger partial charge on any atom is 0.273 e. The van der Waals surface area contributed by atoms with Crippen molar-refractivity contribution in [2.45, 2.75) is 56.5 Å². The van der Waals surface area contributed by atoms with Gasteiger partial charge in [-0.3, -0.25) is 9.69 Å². The van der Waals surface area contributed by atoms with Gasteiger partial charge in [0.05, 0.1) is 19.0 Å². The van der Waals surface area contributed by atoms with Gasteiger partial charge in [-0.25, -0.2) is 8.42 Å². The quantitative estimate of drug-likeness (QED) is 0.517. The normalized spacial score (nSPS) is 24.0. The highest BCUT2D eigenvalue weighted by atomic mass is 32.2. The van der Waals surface area contributed by atoms with Crippen LogP contribution in [0.3, 0.4) is 0 Å². The second kappa shape index (κ2) is 11.4. The number of hydrogen-bond acceptors (Lipinski definition) is 7. The summed E-state index contributed by atoms with van der Waals surface area (Å²) >= 11 is 0. The molecule has 196 valence electrons. The molecule has 0 radical (unpaired) electrons. The number of nitrogens with zero attached hydrogens (tertiary/aromatic N) is 3. The number of carbonyl (C=O) groups excluding carboxylic acids is 1. The Labute approximate surface area is 213 Å². The number of ether oxygens (including phenoxy) is 1. The minimum atomic E-state index is -3.42. The molecule has 5 rings (SSSR count). The van der Waals surface area contributed by atoms with Gasteiger partial charge in [0.15, 0.2) is 5.69 Å². The Kier molecular flexibility index (Phi) is 8.05. The fraction of sp³-hybridized carbons (Fsp3) is 0.615. The van der Waals surface area contributed by atoms with Crippen molar-refractivity contribution < 1.29 is 22.5 Å². The molecule has 1 amide bonds. The molecule has 3 aliphatic rings. The van der Waals surface area contributed by atoms with E-state index in [2.05, 4.69) is 15.4 Å². The summed E-state index contributed by atoms with van der Waals surface area (Å²) in [6.45, 7) is 4.29. The highest BCUT2D eigenvalue weighted by molar-refractivity contribution is 7.89. The number of nitrogens with one attached hydrogen (secondary N) is 1. The lowest BCUT2D eigenvalue weighted by molar-refractivity contribution is 0.0380. The first kappa shape index (κ1) is 25.4. The van der Waals surface area contributed by atoms with Gasteiger partial charge in [-0.2, -0.15) is 4.31 Å². The van der Waals surface area contributed by atoms with Gasteiger partial charge in [0.1, 0.15) is 5.76 Å². The van der Waals surface area contributed by atoms with Crippen LogP contribution in [0.2, 0.25) is 0 Å². The topological polar surface area (TPSA) is 105 Å². The van der Waals surface area contributed by atoms with Crippen LogP contribution in [0.1, 0.15) is 59.8 Å². The van der Waals surface area contributed by atoms with Crippen LogP contribution in [0.5, 0.6) is 0 Å². The van der Waals surface area contributed by atoms with Gasteiger partial charge in [0.25, 0.3) is 5.91 Å². The van der Waals surface area contributed by atoms with E-state index in [4.69, 9.17) is 9.26 Å². The first-order valence-corrected chi connectivity index (χ1v) is 14.7. The number of benzene rings is 1. The second-order valence-electron chi connectivity index (χ2n) is 10.2. The third-order valence-electron chi connectivity index (χ3n) is 7.39. The Morgan fingerprint density at radius 3 is 2.61 bits per heavy atom. The molecule has 1 aliphatic carbocycles. The summed E-state index contributed by atoms with van der Waals surface area (Å²) in [5, 5.41) is 7.03. The van der Waals surface area contributed by atoms with Crippen molar-refractivity contribution in [3.05, 3.63) is 53.4 Å². The zero-order chi connectivity index (χ0) is 25.0. The summed E-state index contributed by atoms with van der Waals surface area (Å²) in [7, 11) is -3.42. The molecule has 1 saturated carbocycles. The van der Waals surface area contributed by atoms with Gasteiger partial charge in [-0.15, -0.1) is 0 Å². The molecule has 10 heteroatoms. The lowest BCUT2D eigenvalue weighted by Crippen LogP contribution is -2.53. The molecule has 9 nitrogen and oxygen atoms in total. The maximum absolute atomic E-state index is 13.4. The average molecular weight is 517 g/mol. The number of morpholine rings is 1. The second-order valence-corrected chi connectivity index (χ2v) is 12.2. The molecule has 0 spiro atoms. The van der Waals surface area contributed by atoms with Crippen molar-refractivity contribution in [2.75, 3.05) is 45.1 Å². The first-order valence-electron chi connectivity index (χ1n) is 13.1. The number of sulfonamides is 1. The lowest BCUT2D eigenvalue weighted by Gasteiger charge is -2.39. The molecule has 3 fully saturated rings. The van der Waals surface area contributed by atoms with Crippen LogP contribution >= 0.6 is 0 Å². The standard InChI is InChI=1S/C26H36N4O5S/c31-26(24-19-25(35-28-24)21-7-8-21)27-22-9-11-30(23(18-22)17-20-5-2-1-3-6-20)36(32,33)16-4-10-29-12-14-34-15-13-29/h1-3,5-6,19,21-23H,4,7-18H2,(H,27,31)/t22-,23-/m0/s1. The highest BCUT2D eigenvalue weighted by Gasteiger charge is 2.37. The van der Waals surface area contributed by atoms with Crippen molar-refractivity contribution >= 4 is 15.9 Å². The van der Waals surface area contributed by atoms with Crippen LogP contribution in [-0.4, -0.2) is 85.9 Å². The number of hydrogen-bond donors (Lipinski definition) is 1. The minimum absolute atomic E-state index is 0.118. The number of aromatic nitrogens is 1. The fourth-order valence-corrected chi connectivity index (χ4v) is 6.95. The van der Waals surface area contributed by atoms with Gasteiger partial charge < -0.3 is 14.6 Å². The molecule has 0 unspecified atom stereocenters. The zero-order valence-electron chi connectivity index (χ0n) is 20.7. The molecule has 2 atom stereocenters. The van der Waals surface area contributed by atoms with E-state index in [1.807, 2.05) is 30.3 Å². The predicted molar refractivity (Wildman–Crippen MR) is 135 cm³/mol. The van der Waals surface area contributed by atoms with Gasteiger partial charge in [0.2, 0.25) is 10.0 Å². The third kappa shape index (κ3) is 6.53. The number of amides is 1. The summed E-state index contributed by atoms with van der Waals surface area (Å²) in [5.74, 6) is 1.05. The van der Waals surface area contributed by atoms with Crippen LogP contribution < -0.4 is 5.32 Å². The number of rotatable bonds is 10. The molecule has 3 heterocycles. The summed E-state index contributed by atoms with van der Waals surface area (Å²) in [6.07, 6.45) is 4.52. The highest BCUT2D eigenvalue weighted by Crippen LogP contribution is 2.40. The minimum Gasteiger partial charge on any atom is -0.379 e. The van der Waals surface area contributed by atoms with E-state index in [-0.39, 0.29) is 23.7 Å². The molecule has 36 heavy (non-hydrogen) atoms. The van der Waals surface area contributed by atoms with E-state index < -0.39 is 10.0 Å². The van der Waals surface area contributed by atoms with E-state index >= 15 is 0 Å².